The van der Waals surface area contributed by atoms with Gasteiger partial charge in [-0.05, 0) is 37.8 Å². The molecule has 0 aliphatic carbocycles. The smallest absolute Gasteiger partial charge is 0.233 e. The fraction of sp³-hybridized carbons (Fsp3) is 0.471. The number of carbonyl (C=O) groups is 1. The Labute approximate surface area is 154 Å². The van der Waals surface area contributed by atoms with E-state index in [1.807, 2.05) is 4.90 Å². The molecule has 1 aliphatic rings. The highest BCUT2D eigenvalue weighted by atomic mass is 32.2. The maximum Gasteiger partial charge on any atom is 0.233 e. The number of halogens is 1. The Morgan fingerprint density at radius 3 is 3.08 bits per heavy atom. The van der Waals surface area contributed by atoms with E-state index in [1.165, 1.54) is 23.9 Å². The Balaban J connectivity index is 1.66. The van der Waals surface area contributed by atoms with Gasteiger partial charge in [0.2, 0.25) is 5.91 Å². The molecule has 0 radical (unpaired) electrons. The highest BCUT2D eigenvalue weighted by Crippen LogP contribution is 2.30. The minimum absolute atomic E-state index is 0.0568. The summed E-state index contributed by atoms with van der Waals surface area (Å²) in [6, 6.07) is 6.36. The summed E-state index contributed by atoms with van der Waals surface area (Å²) in [6.07, 6.45) is 3.68. The van der Waals surface area contributed by atoms with E-state index >= 15 is 0 Å². The summed E-state index contributed by atoms with van der Waals surface area (Å²) in [6.45, 7) is 0.845. The number of piperidine rings is 1. The molecule has 1 N–H and O–H groups in total. The lowest BCUT2D eigenvalue weighted by Crippen LogP contribution is -2.45. The SMILES string of the molecule is O=C(CSc1nsnc1-c1cccc(F)c1)N1CCCCC1CCO. The molecule has 1 fully saturated rings. The van der Waals surface area contributed by atoms with Crippen molar-refractivity contribution in [2.45, 2.75) is 36.8 Å². The number of aliphatic hydroxyl groups excluding tert-OH is 1. The minimum Gasteiger partial charge on any atom is -0.396 e. The van der Waals surface area contributed by atoms with Crippen LogP contribution in [0.2, 0.25) is 0 Å². The Bertz CT molecular complexity index is 723. The number of likely N-dealkylation sites (tertiary alicyclic amines) is 1. The van der Waals surface area contributed by atoms with Gasteiger partial charge >= 0.3 is 0 Å². The van der Waals surface area contributed by atoms with E-state index in [4.69, 9.17) is 0 Å². The van der Waals surface area contributed by atoms with E-state index in [1.54, 1.807) is 12.1 Å². The number of thioether (sulfide) groups is 1. The van der Waals surface area contributed by atoms with E-state index in [2.05, 4.69) is 8.75 Å². The van der Waals surface area contributed by atoms with Crippen LogP contribution in [-0.2, 0) is 4.79 Å². The molecule has 1 unspecified atom stereocenters. The summed E-state index contributed by atoms with van der Waals surface area (Å²) < 4.78 is 21.9. The van der Waals surface area contributed by atoms with E-state index in [9.17, 15) is 14.3 Å². The largest absolute Gasteiger partial charge is 0.396 e. The summed E-state index contributed by atoms with van der Waals surface area (Å²) in [7, 11) is 0. The first-order chi connectivity index (χ1) is 12.2. The van der Waals surface area contributed by atoms with Crippen molar-refractivity contribution < 1.29 is 14.3 Å². The Kier molecular flexibility index (Phi) is 6.39. The molecule has 5 nitrogen and oxygen atoms in total. The van der Waals surface area contributed by atoms with Crippen LogP contribution in [0.25, 0.3) is 11.3 Å². The molecule has 1 aromatic heterocycles. The van der Waals surface area contributed by atoms with Crippen LogP contribution in [0.5, 0.6) is 0 Å². The summed E-state index contributed by atoms with van der Waals surface area (Å²) >= 11 is 2.40. The maximum absolute atomic E-state index is 13.4. The third-order valence-electron chi connectivity index (χ3n) is 4.30. The van der Waals surface area contributed by atoms with Crippen LogP contribution in [0.4, 0.5) is 4.39 Å². The lowest BCUT2D eigenvalue weighted by Gasteiger charge is -2.35. The Hall–Kier alpha value is -1.51. The molecule has 0 spiro atoms. The van der Waals surface area contributed by atoms with Crippen molar-refractivity contribution in [3.63, 3.8) is 0 Å². The first-order valence-electron chi connectivity index (χ1n) is 8.30. The number of aromatic nitrogens is 2. The molecular formula is C17H20FN3O2S2. The van der Waals surface area contributed by atoms with Gasteiger partial charge in [0.15, 0.2) is 0 Å². The molecule has 1 atom stereocenters. The average molecular weight is 381 g/mol. The van der Waals surface area contributed by atoms with Crippen molar-refractivity contribution in [3.05, 3.63) is 30.1 Å². The summed E-state index contributed by atoms with van der Waals surface area (Å²) in [5.74, 6) is 0.00868. The van der Waals surface area contributed by atoms with E-state index < -0.39 is 0 Å². The minimum atomic E-state index is -0.322. The van der Waals surface area contributed by atoms with E-state index in [-0.39, 0.29) is 30.1 Å². The molecule has 134 valence electrons. The fourth-order valence-corrected chi connectivity index (χ4v) is 4.65. The van der Waals surface area contributed by atoms with Gasteiger partial charge in [0, 0.05) is 24.8 Å². The molecule has 3 rings (SSSR count). The van der Waals surface area contributed by atoms with Gasteiger partial charge in [-0.1, -0.05) is 23.9 Å². The number of amides is 1. The van der Waals surface area contributed by atoms with Crippen molar-refractivity contribution in [1.82, 2.24) is 13.6 Å². The molecule has 2 heterocycles. The number of nitrogens with zero attached hydrogens (tertiary/aromatic N) is 3. The van der Waals surface area contributed by atoms with Crippen molar-refractivity contribution >= 4 is 29.4 Å². The van der Waals surface area contributed by atoms with Gasteiger partial charge in [-0.3, -0.25) is 4.79 Å². The third kappa shape index (κ3) is 4.56. The van der Waals surface area contributed by atoms with Gasteiger partial charge in [-0.25, -0.2) is 4.39 Å². The Morgan fingerprint density at radius 2 is 2.28 bits per heavy atom. The van der Waals surface area contributed by atoms with Crippen LogP contribution in [0, 0.1) is 5.82 Å². The van der Waals surface area contributed by atoms with Gasteiger partial charge in [-0.2, -0.15) is 8.75 Å². The van der Waals surface area contributed by atoms with Crippen molar-refractivity contribution in [3.8, 4) is 11.3 Å². The first kappa shape index (κ1) is 18.3. The number of rotatable bonds is 6. The number of benzene rings is 1. The monoisotopic (exact) mass is 381 g/mol. The van der Waals surface area contributed by atoms with Gasteiger partial charge in [0.1, 0.15) is 16.5 Å². The lowest BCUT2D eigenvalue weighted by molar-refractivity contribution is -0.132. The zero-order valence-corrected chi connectivity index (χ0v) is 15.4. The quantitative estimate of drug-likeness (QED) is 0.779. The molecular weight excluding hydrogens is 361 g/mol. The second kappa shape index (κ2) is 8.73. The van der Waals surface area contributed by atoms with Crippen molar-refractivity contribution in [2.24, 2.45) is 0 Å². The van der Waals surface area contributed by atoms with E-state index in [0.717, 1.165) is 37.5 Å². The number of aliphatic hydroxyl groups is 1. The van der Waals surface area contributed by atoms with Crippen LogP contribution in [-0.4, -0.2) is 49.6 Å². The fourth-order valence-electron chi connectivity index (χ4n) is 3.08. The number of hydrogen-bond acceptors (Lipinski definition) is 6. The third-order valence-corrected chi connectivity index (χ3v) is 5.89. The highest BCUT2D eigenvalue weighted by Gasteiger charge is 2.26. The predicted octanol–water partition coefficient (Wildman–Crippen LogP) is 3.20. The zero-order valence-electron chi connectivity index (χ0n) is 13.7. The zero-order chi connectivity index (χ0) is 17.6. The van der Waals surface area contributed by atoms with Crippen molar-refractivity contribution in [2.75, 3.05) is 18.9 Å². The van der Waals surface area contributed by atoms with Gasteiger partial charge < -0.3 is 10.0 Å². The number of carbonyl (C=O) groups excluding carboxylic acids is 1. The highest BCUT2D eigenvalue weighted by molar-refractivity contribution is 8.00. The van der Waals surface area contributed by atoms with Crippen molar-refractivity contribution in [1.29, 1.82) is 0 Å². The molecule has 1 amide bonds. The summed E-state index contributed by atoms with van der Waals surface area (Å²) in [5, 5.41) is 9.84. The predicted molar refractivity (Wildman–Crippen MR) is 97.1 cm³/mol. The Morgan fingerprint density at radius 1 is 1.40 bits per heavy atom. The standard InChI is InChI=1S/C17H20FN3O2S2/c18-13-5-3-4-12(10-13)16-17(20-25-19-16)24-11-15(23)21-8-2-1-6-14(21)7-9-22/h3-5,10,14,22H,1-2,6-9,11H2. The van der Waals surface area contributed by atoms with Gasteiger partial charge in [-0.15, -0.1) is 0 Å². The van der Waals surface area contributed by atoms with Crippen LogP contribution in [0.15, 0.2) is 29.3 Å². The molecule has 8 heteroatoms. The van der Waals surface area contributed by atoms with Gasteiger partial charge in [0.05, 0.1) is 17.5 Å². The second-order valence-corrected chi connectivity index (χ2v) is 7.46. The van der Waals surface area contributed by atoms with Crippen LogP contribution >= 0.6 is 23.5 Å². The molecule has 1 aromatic carbocycles. The topological polar surface area (TPSA) is 66.3 Å². The van der Waals surface area contributed by atoms with Crippen LogP contribution in [0.3, 0.4) is 0 Å². The average Bonchev–Trinajstić information content (AvgIpc) is 3.09. The van der Waals surface area contributed by atoms with E-state index in [0.29, 0.717) is 22.7 Å². The summed E-state index contributed by atoms with van der Waals surface area (Å²) in [5.41, 5.74) is 1.28. The van der Waals surface area contributed by atoms with Gasteiger partial charge in [0.25, 0.3) is 0 Å². The summed E-state index contributed by atoms with van der Waals surface area (Å²) in [4.78, 5) is 14.5. The molecule has 0 saturated carbocycles. The normalized spacial score (nSPS) is 17.7. The molecule has 25 heavy (non-hydrogen) atoms. The lowest BCUT2D eigenvalue weighted by atomic mass is 10.00. The maximum atomic E-state index is 13.4. The molecule has 1 aliphatic heterocycles. The molecule has 1 saturated heterocycles. The van der Waals surface area contributed by atoms with Crippen LogP contribution in [0.1, 0.15) is 25.7 Å². The first-order valence-corrected chi connectivity index (χ1v) is 10.0. The molecule has 0 bridgehead atoms. The number of hydrogen-bond donors (Lipinski definition) is 1. The second-order valence-electron chi connectivity index (χ2n) is 5.97. The molecule has 2 aromatic rings. The van der Waals surface area contributed by atoms with Crippen LogP contribution < -0.4 is 0 Å².